The van der Waals surface area contributed by atoms with E-state index in [0.29, 0.717) is 13.0 Å². The zero-order chi connectivity index (χ0) is 14.0. The van der Waals surface area contributed by atoms with Crippen molar-refractivity contribution in [3.8, 4) is 0 Å². The third-order valence-corrected chi connectivity index (χ3v) is 1.84. The molecule has 0 saturated heterocycles. The van der Waals surface area contributed by atoms with E-state index < -0.39 is 17.9 Å². The number of carboxylic acids is 3. The van der Waals surface area contributed by atoms with Crippen molar-refractivity contribution in [2.24, 2.45) is 0 Å². The Hall–Kier alpha value is -1.71. The number of hydrogen-bond donors (Lipinski definition) is 5. The quantitative estimate of drug-likeness (QED) is 0.228. The summed E-state index contributed by atoms with van der Waals surface area (Å²) in [6, 6.07) is 0. The van der Waals surface area contributed by atoms with Crippen molar-refractivity contribution >= 4 is 17.9 Å². The molecule has 0 aliphatic rings. The third kappa shape index (κ3) is 10.8. The van der Waals surface area contributed by atoms with Crippen LogP contribution in [0.1, 0.15) is 19.3 Å². The highest BCUT2D eigenvalue weighted by molar-refractivity contribution is 5.69. The summed E-state index contributed by atoms with van der Waals surface area (Å²) in [7, 11) is 0. The summed E-state index contributed by atoms with van der Waals surface area (Å²) in [5.41, 5.74) is 5.19. The molecule has 0 saturated carbocycles. The summed E-state index contributed by atoms with van der Waals surface area (Å²) in [6.45, 7) is 0.0137. The van der Waals surface area contributed by atoms with Crippen LogP contribution < -0.4 is 10.9 Å². The first kappa shape index (κ1) is 16.3. The van der Waals surface area contributed by atoms with Crippen molar-refractivity contribution in [2.45, 2.75) is 19.3 Å². The van der Waals surface area contributed by atoms with Crippen LogP contribution in [-0.2, 0) is 14.4 Å². The summed E-state index contributed by atoms with van der Waals surface area (Å²) in [6.07, 6.45) is 0.172. The molecule has 0 aromatic heterocycles. The van der Waals surface area contributed by atoms with Crippen LogP contribution in [0.15, 0.2) is 0 Å². The maximum absolute atomic E-state index is 10.4. The maximum atomic E-state index is 10.4. The number of rotatable bonds is 11. The molecule has 0 amide bonds. The van der Waals surface area contributed by atoms with Gasteiger partial charge in [0.2, 0.25) is 0 Å². The fourth-order valence-corrected chi connectivity index (χ4v) is 1.04. The van der Waals surface area contributed by atoms with Crippen LogP contribution >= 0.6 is 0 Å². The van der Waals surface area contributed by atoms with E-state index >= 15 is 0 Å². The van der Waals surface area contributed by atoms with E-state index in [9.17, 15) is 14.4 Å². The average Bonchev–Trinajstić information content (AvgIpc) is 2.25. The summed E-state index contributed by atoms with van der Waals surface area (Å²) < 4.78 is 0. The van der Waals surface area contributed by atoms with E-state index in [0.717, 1.165) is 0 Å². The minimum absolute atomic E-state index is 0.0152. The Balaban J connectivity index is 3.91. The summed E-state index contributed by atoms with van der Waals surface area (Å²) in [5.74, 6) is -3.01. The van der Waals surface area contributed by atoms with Crippen molar-refractivity contribution in [3.63, 3.8) is 0 Å². The van der Waals surface area contributed by atoms with Gasteiger partial charge in [0.05, 0.1) is 6.42 Å². The van der Waals surface area contributed by atoms with Gasteiger partial charge in [-0.2, -0.15) is 5.12 Å². The largest absolute Gasteiger partial charge is 0.481 e. The lowest BCUT2D eigenvalue weighted by Gasteiger charge is -2.22. The lowest BCUT2D eigenvalue weighted by atomic mass is 10.3. The molecule has 9 nitrogen and oxygen atoms in total. The van der Waals surface area contributed by atoms with Gasteiger partial charge in [-0.3, -0.25) is 14.4 Å². The molecule has 0 rings (SSSR count). The first-order valence-electron chi connectivity index (χ1n) is 5.31. The molecular formula is C9H17N3O6. The molecule has 0 aromatic carbocycles. The van der Waals surface area contributed by atoms with Gasteiger partial charge in [-0.15, -0.1) is 0 Å². The van der Waals surface area contributed by atoms with E-state index in [1.807, 2.05) is 0 Å². The highest BCUT2D eigenvalue weighted by Crippen LogP contribution is 1.89. The van der Waals surface area contributed by atoms with Crippen LogP contribution in [0.5, 0.6) is 0 Å². The Kier molecular flexibility index (Phi) is 8.45. The molecule has 0 radical (unpaired) electrons. The maximum Gasteiger partial charge on any atom is 0.318 e. The Labute approximate surface area is 103 Å². The predicted molar refractivity (Wildman–Crippen MR) is 59.5 cm³/mol. The van der Waals surface area contributed by atoms with Crippen LogP contribution in [0.4, 0.5) is 0 Å². The smallest absolute Gasteiger partial charge is 0.318 e. The SMILES string of the molecule is O=C(O)CCCNN(CCC(=O)O)NCC(=O)O. The van der Waals surface area contributed by atoms with Crippen molar-refractivity contribution in [2.75, 3.05) is 19.6 Å². The number of nitrogens with zero attached hydrogens (tertiary/aromatic N) is 1. The van der Waals surface area contributed by atoms with E-state index in [1.54, 1.807) is 0 Å². The normalized spacial score (nSPS) is 10.5. The predicted octanol–water partition coefficient (Wildman–Crippen LogP) is -1.28. The molecule has 0 aliphatic carbocycles. The highest BCUT2D eigenvalue weighted by atomic mass is 16.4. The molecule has 0 heterocycles. The van der Waals surface area contributed by atoms with E-state index in [4.69, 9.17) is 15.3 Å². The molecule has 18 heavy (non-hydrogen) atoms. The molecule has 0 spiro atoms. The fraction of sp³-hybridized carbons (Fsp3) is 0.667. The molecule has 0 fully saturated rings. The number of hydrazine groups is 2. The molecule has 0 bridgehead atoms. The monoisotopic (exact) mass is 263 g/mol. The zero-order valence-corrected chi connectivity index (χ0v) is 9.76. The van der Waals surface area contributed by atoms with Gasteiger partial charge in [-0.05, 0) is 6.42 Å². The molecule has 5 N–H and O–H groups in total. The minimum atomic E-state index is -1.08. The van der Waals surface area contributed by atoms with Gasteiger partial charge in [0.15, 0.2) is 0 Å². The summed E-state index contributed by atoms with van der Waals surface area (Å²) in [4.78, 5) is 31.0. The number of hydrogen-bond acceptors (Lipinski definition) is 6. The van der Waals surface area contributed by atoms with Crippen LogP contribution in [0.2, 0.25) is 0 Å². The van der Waals surface area contributed by atoms with Crippen LogP contribution in [0.25, 0.3) is 0 Å². The fourth-order valence-electron chi connectivity index (χ4n) is 1.04. The van der Waals surface area contributed by atoms with Gasteiger partial charge in [-0.25, -0.2) is 10.9 Å². The molecule has 9 heteroatoms. The summed E-state index contributed by atoms with van der Waals surface area (Å²) >= 11 is 0. The van der Waals surface area contributed by atoms with Gasteiger partial charge < -0.3 is 15.3 Å². The second kappa shape index (κ2) is 9.33. The lowest BCUT2D eigenvalue weighted by Crippen LogP contribution is -2.51. The average molecular weight is 263 g/mol. The number of nitrogens with one attached hydrogen (secondary N) is 2. The van der Waals surface area contributed by atoms with E-state index in [-0.39, 0.29) is 25.9 Å². The van der Waals surface area contributed by atoms with Crippen LogP contribution in [-0.4, -0.2) is 58.0 Å². The Morgan fingerprint density at radius 3 is 2.00 bits per heavy atom. The number of aliphatic carboxylic acids is 3. The minimum Gasteiger partial charge on any atom is -0.481 e. The Bertz CT molecular complexity index is 278. The van der Waals surface area contributed by atoms with Gasteiger partial charge >= 0.3 is 17.9 Å². The standard InChI is InChI=1S/C9H17N3O6/c13-7(14)2-1-4-10-12(5-3-8(15)16)11-6-9(17)18/h10-11H,1-6H2,(H,13,14)(H,15,16)(H,17,18). The molecule has 0 unspecified atom stereocenters. The van der Waals surface area contributed by atoms with Crippen molar-refractivity contribution in [1.82, 2.24) is 16.0 Å². The second-order valence-electron chi connectivity index (χ2n) is 3.43. The van der Waals surface area contributed by atoms with E-state index in [1.165, 1.54) is 5.12 Å². The molecule has 0 atom stereocenters. The lowest BCUT2D eigenvalue weighted by molar-refractivity contribution is -0.138. The first-order chi connectivity index (χ1) is 8.41. The van der Waals surface area contributed by atoms with Gasteiger partial charge in [0.25, 0.3) is 0 Å². The number of carbonyl (C=O) groups is 3. The van der Waals surface area contributed by atoms with Crippen molar-refractivity contribution in [3.05, 3.63) is 0 Å². The van der Waals surface area contributed by atoms with Crippen molar-refractivity contribution < 1.29 is 29.7 Å². The van der Waals surface area contributed by atoms with E-state index in [2.05, 4.69) is 10.9 Å². The topological polar surface area (TPSA) is 139 Å². The molecule has 0 aliphatic heterocycles. The Morgan fingerprint density at radius 1 is 0.889 bits per heavy atom. The third-order valence-electron chi connectivity index (χ3n) is 1.84. The second-order valence-corrected chi connectivity index (χ2v) is 3.43. The van der Waals surface area contributed by atoms with Gasteiger partial charge in [0, 0.05) is 19.5 Å². The van der Waals surface area contributed by atoms with Crippen LogP contribution in [0.3, 0.4) is 0 Å². The molecule has 0 aromatic rings. The van der Waals surface area contributed by atoms with Crippen LogP contribution in [0, 0.1) is 0 Å². The molecule has 104 valence electrons. The number of carboxylic acid groups (broad SMARTS) is 3. The Morgan fingerprint density at radius 2 is 1.50 bits per heavy atom. The zero-order valence-electron chi connectivity index (χ0n) is 9.76. The van der Waals surface area contributed by atoms with Gasteiger partial charge in [-0.1, -0.05) is 0 Å². The highest BCUT2D eigenvalue weighted by Gasteiger charge is 2.08. The molecular weight excluding hydrogens is 246 g/mol. The summed E-state index contributed by atoms with van der Waals surface area (Å²) in [5, 5.41) is 26.6. The van der Waals surface area contributed by atoms with Gasteiger partial charge in [0.1, 0.15) is 6.54 Å². The van der Waals surface area contributed by atoms with Crippen molar-refractivity contribution in [1.29, 1.82) is 0 Å². The first-order valence-corrected chi connectivity index (χ1v) is 5.31.